The molecule has 28 heavy (non-hydrogen) atoms. The number of rotatable bonds is 9. The molecule has 0 heterocycles. The SMILES string of the molecule is COc1ccc(OC)c(S(=O)(=O)N/N=C(\C)c2ccc(OCC(N)=O)cc2)c1. The lowest BCUT2D eigenvalue weighted by Gasteiger charge is -2.11. The van der Waals surface area contributed by atoms with Crippen molar-refractivity contribution < 1.29 is 27.4 Å². The van der Waals surface area contributed by atoms with Gasteiger partial charge in [0.15, 0.2) is 6.61 Å². The van der Waals surface area contributed by atoms with Crippen LogP contribution in [0.2, 0.25) is 0 Å². The van der Waals surface area contributed by atoms with Crippen molar-refractivity contribution in [2.24, 2.45) is 10.8 Å². The highest BCUT2D eigenvalue weighted by Gasteiger charge is 2.20. The Balaban J connectivity index is 2.18. The van der Waals surface area contributed by atoms with Crippen LogP contribution in [0, 0.1) is 0 Å². The van der Waals surface area contributed by atoms with Gasteiger partial charge in [-0.3, -0.25) is 4.79 Å². The number of nitrogens with zero attached hydrogens (tertiary/aromatic N) is 1. The summed E-state index contributed by atoms with van der Waals surface area (Å²) in [5, 5.41) is 3.94. The number of methoxy groups -OCH3 is 2. The molecular weight excluding hydrogens is 386 g/mol. The molecular formula is C18H21N3O6S. The number of amides is 1. The van der Waals surface area contributed by atoms with Crippen LogP contribution in [0.3, 0.4) is 0 Å². The first-order valence-corrected chi connectivity index (χ1v) is 9.55. The lowest BCUT2D eigenvalue weighted by Crippen LogP contribution is -2.21. The third-order valence-corrected chi connectivity index (χ3v) is 4.88. The summed E-state index contributed by atoms with van der Waals surface area (Å²) in [6.07, 6.45) is 0. The number of hydrogen-bond acceptors (Lipinski definition) is 7. The molecule has 0 aromatic heterocycles. The number of carbonyl (C=O) groups is 1. The second kappa shape index (κ2) is 9.09. The lowest BCUT2D eigenvalue weighted by molar-refractivity contribution is -0.119. The van der Waals surface area contributed by atoms with Crippen molar-refractivity contribution in [2.75, 3.05) is 20.8 Å². The largest absolute Gasteiger partial charge is 0.497 e. The van der Waals surface area contributed by atoms with Crippen molar-refractivity contribution in [1.82, 2.24) is 4.83 Å². The van der Waals surface area contributed by atoms with Gasteiger partial charge in [0, 0.05) is 6.07 Å². The number of primary amides is 1. The van der Waals surface area contributed by atoms with Crippen LogP contribution in [0.25, 0.3) is 0 Å². The zero-order valence-electron chi connectivity index (χ0n) is 15.6. The van der Waals surface area contributed by atoms with Gasteiger partial charge in [0.1, 0.15) is 22.1 Å². The molecule has 0 aliphatic rings. The Morgan fingerprint density at radius 1 is 1.07 bits per heavy atom. The van der Waals surface area contributed by atoms with Gasteiger partial charge in [0.2, 0.25) is 0 Å². The van der Waals surface area contributed by atoms with E-state index in [1.807, 2.05) is 0 Å². The average Bonchev–Trinajstić information content (AvgIpc) is 2.70. The molecule has 0 fully saturated rings. The summed E-state index contributed by atoms with van der Waals surface area (Å²) in [4.78, 5) is 12.8. The van der Waals surface area contributed by atoms with Gasteiger partial charge in [-0.15, -0.1) is 0 Å². The van der Waals surface area contributed by atoms with Crippen LogP contribution in [0.15, 0.2) is 52.5 Å². The van der Waals surface area contributed by atoms with Gasteiger partial charge >= 0.3 is 0 Å². The molecule has 1 amide bonds. The second-order valence-electron chi connectivity index (χ2n) is 5.59. The van der Waals surface area contributed by atoms with Crippen LogP contribution >= 0.6 is 0 Å². The molecule has 150 valence electrons. The van der Waals surface area contributed by atoms with Gasteiger partial charge in [-0.25, -0.2) is 0 Å². The molecule has 9 nitrogen and oxygen atoms in total. The quantitative estimate of drug-likeness (QED) is 0.476. The third kappa shape index (κ3) is 5.36. The fourth-order valence-electron chi connectivity index (χ4n) is 2.18. The minimum absolute atomic E-state index is 0.0962. The topological polar surface area (TPSA) is 129 Å². The van der Waals surface area contributed by atoms with Crippen molar-refractivity contribution in [3.63, 3.8) is 0 Å². The van der Waals surface area contributed by atoms with Crippen molar-refractivity contribution in [1.29, 1.82) is 0 Å². The minimum atomic E-state index is -3.98. The fourth-order valence-corrected chi connectivity index (χ4v) is 3.23. The molecule has 0 aliphatic carbocycles. The Hall–Kier alpha value is -3.27. The fraction of sp³-hybridized carbons (Fsp3) is 0.222. The number of hydrogen-bond donors (Lipinski definition) is 2. The molecule has 3 N–H and O–H groups in total. The monoisotopic (exact) mass is 407 g/mol. The number of benzene rings is 2. The number of ether oxygens (including phenoxy) is 3. The molecule has 0 aliphatic heterocycles. The molecule has 0 bridgehead atoms. The van der Waals surface area contributed by atoms with E-state index >= 15 is 0 Å². The molecule has 0 atom stereocenters. The molecule has 0 spiro atoms. The summed E-state index contributed by atoms with van der Waals surface area (Å²) in [7, 11) is -1.18. The van der Waals surface area contributed by atoms with Crippen LogP contribution in [0.1, 0.15) is 12.5 Å². The van der Waals surface area contributed by atoms with E-state index < -0.39 is 15.9 Å². The number of nitrogens with two attached hydrogens (primary N) is 1. The van der Waals surface area contributed by atoms with Gasteiger partial charge in [-0.05, 0) is 48.9 Å². The van der Waals surface area contributed by atoms with Gasteiger partial charge in [-0.1, -0.05) is 0 Å². The summed E-state index contributed by atoms with van der Waals surface area (Å²) >= 11 is 0. The summed E-state index contributed by atoms with van der Waals surface area (Å²) in [6, 6.07) is 11.0. The number of carbonyl (C=O) groups excluding carboxylic acids is 1. The molecule has 2 aromatic rings. The van der Waals surface area contributed by atoms with E-state index in [1.165, 1.54) is 26.4 Å². The van der Waals surface area contributed by atoms with E-state index in [1.54, 1.807) is 37.3 Å². The van der Waals surface area contributed by atoms with Crippen LogP contribution in [-0.2, 0) is 14.8 Å². The van der Waals surface area contributed by atoms with Crippen molar-refractivity contribution in [3.05, 3.63) is 48.0 Å². The van der Waals surface area contributed by atoms with Gasteiger partial charge in [0.25, 0.3) is 15.9 Å². The van der Waals surface area contributed by atoms with Crippen molar-refractivity contribution in [3.8, 4) is 17.2 Å². The Kier molecular flexibility index (Phi) is 6.83. The predicted octanol–water partition coefficient (Wildman–Crippen LogP) is 1.27. The Morgan fingerprint density at radius 2 is 1.71 bits per heavy atom. The standard InChI is InChI=1S/C18H21N3O6S/c1-12(13-4-6-14(7-5-13)27-11-18(19)22)20-21-28(23,24)17-10-15(25-2)8-9-16(17)26-3/h4-10,21H,11H2,1-3H3,(H2,19,22)/b20-12+. The van der Waals surface area contributed by atoms with Crippen LogP contribution < -0.4 is 24.8 Å². The maximum atomic E-state index is 12.6. The smallest absolute Gasteiger partial charge is 0.280 e. The Bertz CT molecular complexity index is 971. The van der Waals surface area contributed by atoms with Gasteiger partial charge < -0.3 is 19.9 Å². The first kappa shape index (κ1) is 21.0. The number of sulfonamides is 1. The first-order chi connectivity index (χ1) is 13.3. The highest BCUT2D eigenvalue weighted by molar-refractivity contribution is 7.89. The van der Waals surface area contributed by atoms with Gasteiger partial charge in [-0.2, -0.15) is 18.4 Å². The van der Waals surface area contributed by atoms with E-state index in [-0.39, 0.29) is 17.3 Å². The van der Waals surface area contributed by atoms with E-state index in [2.05, 4.69) is 9.93 Å². The highest BCUT2D eigenvalue weighted by Crippen LogP contribution is 2.28. The minimum Gasteiger partial charge on any atom is -0.497 e. The van der Waals surface area contributed by atoms with Crippen molar-refractivity contribution in [2.45, 2.75) is 11.8 Å². The summed E-state index contributed by atoms with van der Waals surface area (Å²) < 4.78 is 40.5. The molecule has 0 saturated heterocycles. The summed E-state index contributed by atoms with van der Waals surface area (Å²) in [6.45, 7) is 1.42. The molecule has 10 heteroatoms. The van der Waals surface area contributed by atoms with Crippen LogP contribution in [0.5, 0.6) is 17.2 Å². The average molecular weight is 407 g/mol. The molecule has 0 unspecified atom stereocenters. The van der Waals surface area contributed by atoms with E-state index in [0.29, 0.717) is 22.8 Å². The van der Waals surface area contributed by atoms with Crippen LogP contribution in [0.4, 0.5) is 0 Å². The molecule has 2 aromatic carbocycles. The second-order valence-corrected chi connectivity index (χ2v) is 7.22. The van der Waals surface area contributed by atoms with Gasteiger partial charge in [0.05, 0.1) is 19.9 Å². The third-order valence-electron chi connectivity index (χ3n) is 3.65. The van der Waals surface area contributed by atoms with E-state index in [4.69, 9.17) is 19.9 Å². The van der Waals surface area contributed by atoms with E-state index in [9.17, 15) is 13.2 Å². The summed E-state index contributed by atoms with van der Waals surface area (Å²) in [5.41, 5.74) is 6.10. The number of nitrogens with one attached hydrogen (secondary N) is 1. The summed E-state index contributed by atoms with van der Waals surface area (Å²) in [5.74, 6) is 0.409. The van der Waals surface area contributed by atoms with Crippen LogP contribution in [-0.4, -0.2) is 40.9 Å². The lowest BCUT2D eigenvalue weighted by atomic mass is 10.1. The highest BCUT2D eigenvalue weighted by atomic mass is 32.2. The van der Waals surface area contributed by atoms with E-state index in [0.717, 1.165) is 0 Å². The Morgan fingerprint density at radius 3 is 2.29 bits per heavy atom. The Labute approximate surface area is 163 Å². The first-order valence-electron chi connectivity index (χ1n) is 8.06. The maximum Gasteiger partial charge on any atom is 0.280 e. The van der Waals surface area contributed by atoms with Crippen molar-refractivity contribution >= 4 is 21.6 Å². The maximum absolute atomic E-state index is 12.6. The molecule has 0 radical (unpaired) electrons. The zero-order chi connectivity index (χ0) is 20.7. The zero-order valence-corrected chi connectivity index (χ0v) is 16.4. The normalized spacial score (nSPS) is 11.6. The predicted molar refractivity (Wildman–Crippen MR) is 103 cm³/mol. The molecule has 2 rings (SSSR count). The molecule has 0 saturated carbocycles. The number of hydrazone groups is 1.